The summed E-state index contributed by atoms with van der Waals surface area (Å²) >= 11 is 3.51. The van der Waals surface area contributed by atoms with Gasteiger partial charge in [-0.15, -0.1) is 0 Å². The normalized spacial score (nSPS) is 10.1. The maximum absolute atomic E-state index is 8.49. The third-order valence-corrected chi connectivity index (χ3v) is 3.09. The monoisotopic (exact) mass is 310 g/mol. The number of nitrogens with zero attached hydrogens (tertiary/aromatic N) is 1. The Balaban J connectivity index is 2.59. The Labute approximate surface area is 117 Å². The quantitative estimate of drug-likeness (QED) is 0.746. The van der Waals surface area contributed by atoms with Gasteiger partial charge in [0, 0.05) is 18.5 Å². The van der Waals surface area contributed by atoms with Crippen molar-refractivity contribution >= 4 is 15.9 Å². The zero-order chi connectivity index (χ0) is 13.2. The van der Waals surface area contributed by atoms with Crippen LogP contribution in [-0.4, -0.2) is 13.2 Å². The molecule has 0 spiro atoms. The Bertz CT molecular complexity index is 401. The van der Waals surface area contributed by atoms with Gasteiger partial charge in [0.15, 0.2) is 0 Å². The molecule has 1 N–H and O–H groups in total. The summed E-state index contributed by atoms with van der Waals surface area (Å²) in [6.45, 7) is 4.53. The minimum absolute atomic E-state index is 0.536. The lowest BCUT2D eigenvalue weighted by atomic mass is 10.2. The SMILES string of the molecule is CCCNCc1cccc(Br)c1OCCCC#N. The predicted molar refractivity (Wildman–Crippen MR) is 76.5 cm³/mol. The molecule has 0 aliphatic rings. The molecule has 0 heterocycles. The number of para-hydroxylation sites is 1. The highest BCUT2D eigenvalue weighted by Gasteiger charge is 2.07. The summed E-state index contributed by atoms with van der Waals surface area (Å²) in [5.74, 6) is 0.888. The Kier molecular flexibility index (Phi) is 7.47. The molecule has 0 saturated carbocycles. The van der Waals surface area contributed by atoms with E-state index in [-0.39, 0.29) is 0 Å². The smallest absolute Gasteiger partial charge is 0.137 e. The largest absolute Gasteiger partial charge is 0.492 e. The number of unbranched alkanes of at least 4 members (excludes halogenated alkanes) is 1. The van der Waals surface area contributed by atoms with Crippen molar-refractivity contribution < 1.29 is 4.74 Å². The fourth-order valence-electron chi connectivity index (χ4n) is 1.58. The molecule has 0 unspecified atom stereocenters. The number of nitrogens with one attached hydrogen (secondary N) is 1. The molecule has 0 amide bonds. The number of halogens is 1. The third kappa shape index (κ3) is 5.07. The van der Waals surface area contributed by atoms with Crippen LogP contribution in [-0.2, 0) is 6.54 Å². The van der Waals surface area contributed by atoms with Crippen molar-refractivity contribution in [2.75, 3.05) is 13.2 Å². The van der Waals surface area contributed by atoms with Gasteiger partial charge in [-0.2, -0.15) is 5.26 Å². The first kappa shape index (κ1) is 15.0. The number of nitriles is 1. The summed E-state index contributed by atoms with van der Waals surface area (Å²) in [6, 6.07) is 8.17. The average Bonchev–Trinajstić information content (AvgIpc) is 2.37. The molecule has 3 nitrogen and oxygen atoms in total. The van der Waals surface area contributed by atoms with Gasteiger partial charge in [-0.1, -0.05) is 19.1 Å². The maximum Gasteiger partial charge on any atom is 0.137 e. The molecule has 0 aromatic heterocycles. The third-order valence-electron chi connectivity index (χ3n) is 2.47. The summed E-state index contributed by atoms with van der Waals surface area (Å²) in [6.07, 6.45) is 2.42. The van der Waals surface area contributed by atoms with Crippen LogP contribution in [0, 0.1) is 11.3 Å². The van der Waals surface area contributed by atoms with Crippen molar-refractivity contribution in [2.45, 2.75) is 32.7 Å². The van der Waals surface area contributed by atoms with Gasteiger partial charge in [0.1, 0.15) is 5.75 Å². The minimum Gasteiger partial charge on any atom is -0.492 e. The van der Waals surface area contributed by atoms with Crippen LogP contribution < -0.4 is 10.1 Å². The molecule has 18 heavy (non-hydrogen) atoms. The maximum atomic E-state index is 8.49. The Morgan fingerprint density at radius 2 is 2.28 bits per heavy atom. The van der Waals surface area contributed by atoms with Gasteiger partial charge in [-0.25, -0.2) is 0 Å². The number of benzene rings is 1. The van der Waals surface area contributed by atoms with Crippen LogP contribution in [0.4, 0.5) is 0 Å². The highest BCUT2D eigenvalue weighted by molar-refractivity contribution is 9.10. The molecular weight excluding hydrogens is 292 g/mol. The number of ether oxygens (including phenoxy) is 1. The van der Waals surface area contributed by atoms with Crippen molar-refractivity contribution in [2.24, 2.45) is 0 Å². The van der Waals surface area contributed by atoms with Crippen LogP contribution in [0.1, 0.15) is 31.7 Å². The highest BCUT2D eigenvalue weighted by atomic mass is 79.9. The Morgan fingerprint density at radius 3 is 3.00 bits per heavy atom. The van der Waals surface area contributed by atoms with Gasteiger partial charge in [-0.3, -0.25) is 0 Å². The van der Waals surface area contributed by atoms with Crippen LogP contribution in [0.3, 0.4) is 0 Å². The molecular formula is C14H19BrN2O. The molecule has 1 aromatic carbocycles. The number of hydrogen-bond acceptors (Lipinski definition) is 3. The lowest BCUT2D eigenvalue weighted by Crippen LogP contribution is -2.15. The van der Waals surface area contributed by atoms with Gasteiger partial charge in [-0.05, 0) is 41.4 Å². The number of hydrogen-bond donors (Lipinski definition) is 1. The van der Waals surface area contributed by atoms with E-state index >= 15 is 0 Å². The molecule has 0 fully saturated rings. The van der Waals surface area contributed by atoms with Gasteiger partial charge in [0.2, 0.25) is 0 Å². The molecule has 0 atom stereocenters. The van der Waals surface area contributed by atoms with E-state index in [1.165, 1.54) is 0 Å². The van der Waals surface area contributed by atoms with E-state index in [0.29, 0.717) is 13.0 Å². The Morgan fingerprint density at radius 1 is 1.44 bits per heavy atom. The second-order valence-electron chi connectivity index (χ2n) is 4.01. The summed E-state index contributed by atoms with van der Waals surface area (Å²) in [5.41, 5.74) is 1.15. The van der Waals surface area contributed by atoms with E-state index in [0.717, 1.165) is 41.7 Å². The van der Waals surface area contributed by atoms with Crippen molar-refractivity contribution in [3.63, 3.8) is 0 Å². The van der Waals surface area contributed by atoms with E-state index in [1.54, 1.807) is 0 Å². The van der Waals surface area contributed by atoms with Crippen molar-refractivity contribution in [1.29, 1.82) is 5.26 Å². The molecule has 1 rings (SSSR count). The van der Waals surface area contributed by atoms with E-state index < -0.39 is 0 Å². The Hall–Kier alpha value is -1.05. The summed E-state index contributed by atoms with van der Waals surface area (Å²) < 4.78 is 6.73. The van der Waals surface area contributed by atoms with Crippen molar-refractivity contribution in [1.82, 2.24) is 5.32 Å². The first-order chi connectivity index (χ1) is 8.79. The van der Waals surface area contributed by atoms with Gasteiger partial charge < -0.3 is 10.1 Å². The first-order valence-electron chi connectivity index (χ1n) is 6.27. The van der Waals surface area contributed by atoms with Gasteiger partial charge in [0.25, 0.3) is 0 Å². The topological polar surface area (TPSA) is 45.0 Å². The van der Waals surface area contributed by atoms with Crippen molar-refractivity contribution in [3.05, 3.63) is 28.2 Å². The van der Waals surface area contributed by atoms with E-state index in [1.807, 2.05) is 12.1 Å². The standard InChI is InChI=1S/C14H19BrN2O/c1-2-9-17-11-12-6-5-7-13(15)14(12)18-10-4-3-8-16/h5-7,17H,2-4,9-11H2,1H3. The van der Waals surface area contributed by atoms with E-state index in [2.05, 4.69) is 40.3 Å². The lowest BCUT2D eigenvalue weighted by molar-refractivity contribution is 0.307. The summed E-state index contributed by atoms with van der Waals surface area (Å²) in [7, 11) is 0. The van der Waals surface area contributed by atoms with Crippen LogP contribution in [0.25, 0.3) is 0 Å². The first-order valence-corrected chi connectivity index (χ1v) is 7.06. The predicted octanol–water partition coefficient (Wildman–Crippen LogP) is 3.63. The second kappa shape index (κ2) is 8.96. The zero-order valence-corrected chi connectivity index (χ0v) is 12.3. The summed E-state index contributed by atoms with van der Waals surface area (Å²) in [4.78, 5) is 0. The molecule has 0 aliphatic heterocycles. The van der Waals surface area contributed by atoms with Gasteiger partial charge in [0.05, 0.1) is 17.1 Å². The lowest BCUT2D eigenvalue weighted by Gasteiger charge is -2.13. The highest BCUT2D eigenvalue weighted by Crippen LogP contribution is 2.29. The second-order valence-corrected chi connectivity index (χ2v) is 4.87. The molecule has 0 aliphatic carbocycles. The van der Waals surface area contributed by atoms with Crippen LogP contribution in [0.5, 0.6) is 5.75 Å². The van der Waals surface area contributed by atoms with E-state index in [9.17, 15) is 0 Å². The molecule has 0 saturated heterocycles. The average molecular weight is 311 g/mol. The van der Waals surface area contributed by atoms with E-state index in [4.69, 9.17) is 10.00 Å². The van der Waals surface area contributed by atoms with Crippen LogP contribution >= 0.6 is 15.9 Å². The van der Waals surface area contributed by atoms with Crippen LogP contribution in [0.2, 0.25) is 0 Å². The van der Waals surface area contributed by atoms with Crippen molar-refractivity contribution in [3.8, 4) is 11.8 Å². The summed E-state index contributed by atoms with van der Waals surface area (Å²) in [5, 5.41) is 11.9. The number of rotatable bonds is 8. The minimum atomic E-state index is 0.536. The molecule has 0 bridgehead atoms. The fraction of sp³-hybridized carbons (Fsp3) is 0.500. The molecule has 4 heteroatoms. The fourth-order valence-corrected chi connectivity index (χ4v) is 2.10. The molecule has 98 valence electrons. The molecule has 0 radical (unpaired) electrons. The zero-order valence-electron chi connectivity index (χ0n) is 10.7. The molecule has 1 aromatic rings. The van der Waals surface area contributed by atoms with Crippen LogP contribution in [0.15, 0.2) is 22.7 Å². The van der Waals surface area contributed by atoms with Gasteiger partial charge >= 0.3 is 0 Å².